The maximum Gasteiger partial charge on any atom is 0.329 e. The molecule has 1 saturated carbocycles. The van der Waals surface area contributed by atoms with Crippen molar-refractivity contribution in [2.45, 2.75) is 18.4 Å². The number of nitriles is 1. The fourth-order valence-corrected chi connectivity index (χ4v) is 1.11. The smallest absolute Gasteiger partial charge is 0.329 e. The third kappa shape index (κ3) is 1.11. The summed E-state index contributed by atoms with van der Waals surface area (Å²) in [4.78, 5) is 22.1. The van der Waals surface area contributed by atoms with Crippen molar-refractivity contribution < 1.29 is 14.7 Å². The Bertz CT molecular complexity index is 252. The predicted octanol–water partition coefficient (Wildman–Crippen LogP) is -0.414. The molecule has 1 fully saturated rings. The normalized spacial score (nSPS) is 17.6. The molecule has 0 aromatic heterocycles. The van der Waals surface area contributed by atoms with Gasteiger partial charge in [-0.25, -0.2) is 4.79 Å². The second-order valence-electron chi connectivity index (χ2n) is 2.73. The van der Waals surface area contributed by atoms with Gasteiger partial charge in [-0.2, -0.15) is 5.26 Å². The SMILES string of the molecule is N#CCN(C=O)C1(C(=O)O)CC1. The highest BCUT2D eigenvalue weighted by Gasteiger charge is 2.55. The van der Waals surface area contributed by atoms with Crippen LogP contribution >= 0.6 is 0 Å². The van der Waals surface area contributed by atoms with Crippen LogP contribution in [-0.4, -0.2) is 34.5 Å². The lowest BCUT2D eigenvalue weighted by atomic mass is 10.2. The van der Waals surface area contributed by atoms with Crippen LogP contribution in [0.1, 0.15) is 12.8 Å². The van der Waals surface area contributed by atoms with Crippen LogP contribution in [0.3, 0.4) is 0 Å². The number of carboxylic acid groups (broad SMARTS) is 1. The van der Waals surface area contributed by atoms with E-state index in [0.29, 0.717) is 19.3 Å². The standard InChI is InChI=1S/C7H8N2O3/c8-3-4-9(5-10)7(1-2-7)6(11)12/h5H,1-2,4H2,(H,11,12). The van der Waals surface area contributed by atoms with Crippen LogP contribution in [-0.2, 0) is 9.59 Å². The molecule has 0 saturated heterocycles. The molecule has 0 heterocycles. The summed E-state index contributed by atoms with van der Waals surface area (Å²) in [7, 11) is 0. The molecular formula is C7H8N2O3. The molecule has 0 aliphatic heterocycles. The van der Waals surface area contributed by atoms with E-state index in [4.69, 9.17) is 10.4 Å². The van der Waals surface area contributed by atoms with Gasteiger partial charge in [0.25, 0.3) is 0 Å². The van der Waals surface area contributed by atoms with E-state index in [1.54, 1.807) is 6.07 Å². The van der Waals surface area contributed by atoms with Gasteiger partial charge in [0, 0.05) is 0 Å². The van der Waals surface area contributed by atoms with Gasteiger partial charge in [0.15, 0.2) is 0 Å². The van der Waals surface area contributed by atoms with E-state index in [1.807, 2.05) is 0 Å². The molecule has 1 amide bonds. The number of aliphatic carboxylic acids is 1. The van der Waals surface area contributed by atoms with Crippen LogP contribution < -0.4 is 0 Å². The van der Waals surface area contributed by atoms with Crippen LogP contribution in [0.15, 0.2) is 0 Å². The summed E-state index contributed by atoms with van der Waals surface area (Å²) >= 11 is 0. The lowest BCUT2D eigenvalue weighted by Gasteiger charge is -2.20. The highest BCUT2D eigenvalue weighted by atomic mass is 16.4. The van der Waals surface area contributed by atoms with Crippen molar-refractivity contribution in [3.05, 3.63) is 0 Å². The molecule has 5 heteroatoms. The number of carboxylic acids is 1. The Labute approximate surface area is 69.2 Å². The second-order valence-corrected chi connectivity index (χ2v) is 2.73. The number of carbonyl (C=O) groups excluding carboxylic acids is 1. The molecule has 0 spiro atoms. The zero-order valence-electron chi connectivity index (χ0n) is 6.36. The molecule has 1 aliphatic rings. The first-order valence-electron chi connectivity index (χ1n) is 3.50. The summed E-state index contributed by atoms with van der Waals surface area (Å²) < 4.78 is 0. The van der Waals surface area contributed by atoms with E-state index in [2.05, 4.69) is 0 Å². The van der Waals surface area contributed by atoms with E-state index in [9.17, 15) is 9.59 Å². The predicted molar refractivity (Wildman–Crippen MR) is 38.0 cm³/mol. The number of carbonyl (C=O) groups is 2. The highest BCUT2D eigenvalue weighted by molar-refractivity contribution is 5.85. The molecule has 1 N–H and O–H groups in total. The Morgan fingerprint density at radius 2 is 2.33 bits per heavy atom. The molecule has 0 aromatic carbocycles. The van der Waals surface area contributed by atoms with E-state index in [0.717, 1.165) is 4.90 Å². The first-order chi connectivity index (χ1) is 5.67. The maximum absolute atomic E-state index is 10.6. The van der Waals surface area contributed by atoms with Crippen LogP contribution in [0.2, 0.25) is 0 Å². The zero-order chi connectivity index (χ0) is 9.19. The van der Waals surface area contributed by atoms with Gasteiger partial charge < -0.3 is 10.0 Å². The maximum atomic E-state index is 10.6. The van der Waals surface area contributed by atoms with Gasteiger partial charge in [-0.05, 0) is 12.8 Å². The molecule has 1 aliphatic carbocycles. The second kappa shape index (κ2) is 2.81. The van der Waals surface area contributed by atoms with E-state index >= 15 is 0 Å². The monoisotopic (exact) mass is 168 g/mol. The molecule has 64 valence electrons. The molecule has 0 bridgehead atoms. The third-order valence-electron chi connectivity index (χ3n) is 2.04. The topological polar surface area (TPSA) is 81.4 Å². The Morgan fingerprint density at radius 3 is 2.58 bits per heavy atom. The largest absolute Gasteiger partial charge is 0.479 e. The van der Waals surface area contributed by atoms with Crippen LogP contribution in [0.5, 0.6) is 0 Å². The molecule has 0 radical (unpaired) electrons. The van der Waals surface area contributed by atoms with Gasteiger partial charge in [0.05, 0.1) is 6.07 Å². The number of amides is 1. The van der Waals surface area contributed by atoms with Gasteiger partial charge >= 0.3 is 5.97 Å². The highest BCUT2D eigenvalue weighted by Crippen LogP contribution is 2.40. The van der Waals surface area contributed by atoms with Gasteiger partial charge in [0.1, 0.15) is 12.1 Å². The minimum atomic E-state index is -1.07. The Morgan fingerprint density at radius 1 is 1.75 bits per heavy atom. The van der Waals surface area contributed by atoms with Gasteiger partial charge in [-0.3, -0.25) is 4.79 Å². The number of hydrogen-bond acceptors (Lipinski definition) is 3. The lowest BCUT2D eigenvalue weighted by Crippen LogP contribution is -2.42. The van der Waals surface area contributed by atoms with Crippen LogP contribution in [0.25, 0.3) is 0 Å². The van der Waals surface area contributed by atoms with Crippen molar-refractivity contribution in [1.82, 2.24) is 4.90 Å². The molecule has 1 rings (SSSR count). The average molecular weight is 168 g/mol. The summed E-state index contributed by atoms with van der Waals surface area (Å²) in [6.45, 7) is -0.157. The van der Waals surface area contributed by atoms with Crippen molar-refractivity contribution in [3.8, 4) is 6.07 Å². The van der Waals surface area contributed by atoms with Crippen molar-refractivity contribution >= 4 is 12.4 Å². The fraction of sp³-hybridized carbons (Fsp3) is 0.571. The molecule has 0 atom stereocenters. The number of hydrogen-bond donors (Lipinski definition) is 1. The Kier molecular flexibility index (Phi) is 2.00. The summed E-state index contributed by atoms with van der Waals surface area (Å²) in [5.74, 6) is -1.02. The van der Waals surface area contributed by atoms with E-state index in [1.165, 1.54) is 0 Å². The summed E-state index contributed by atoms with van der Waals surface area (Å²) in [5, 5.41) is 17.0. The Balaban J connectivity index is 2.72. The summed E-state index contributed by atoms with van der Waals surface area (Å²) in [6, 6.07) is 1.75. The molecule has 0 aromatic rings. The van der Waals surface area contributed by atoms with E-state index < -0.39 is 11.5 Å². The number of nitrogens with zero attached hydrogens (tertiary/aromatic N) is 2. The first kappa shape index (κ1) is 8.53. The van der Waals surface area contributed by atoms with Crippen molar-refractivity contribution in [2.75, 3.05) is 6.54 Å². The van der Waals surface area contributed by atoms with Gasteiger partial charge in [0.2, 0.25) is 6.41 Å². The lowest BCUT2D eigenvalue weighted by molar-refractivity contribution is -0.147. The zero-order valence-corrected chi connectivity index (χ0v) is 6.36. The minimum Gasteiger partial charge on any atom is -0.479 e. The molecular weight excluding hydrogens is 160 g/mol. The fourth-order valence-electron chi connectivity index (χ4n) is 1.11. The van der Waals surface area contributed by atoms with Crippen molar-refractivity contribution in [3.63, 3.8) is 0 Å². The minimum absolute atomic E-state index is 0.157. The molecule has 5 nitrogen and oxygen atoms in total. The number of rotatable bonds is 4. The molecule has 12 heavy (non-hydrogen) atoms. The van der Waals surface area contributed by atoms with Gasteiger partial charge in [-0.1, -0.05) is 0 Å². The first-order valence-corrected chi connectivity index (χ1v) is 3.50. The summed E-state index contributed by atoms with van der Waals surface area (Å²) in [6.07, 6.45) is 1.32. The average Bonchev–Trinajstić information content (AvgIpc) is 2.80. The summed E-state index contributed by atoms with van der Waals surface area (Å²) in [5.41, 5.74) is -1.07. The van der Waals surface area contributed by atoms with Crippen molar-refractivity contribution in [1.29, 1.82) is 5.26 Å². The Hall–Kier alpha value is -1.57. The quantitative estimate of drug-likeness (QED) is 0.456. The van der Waals surface area contributed by atoms with Crippen LogP contribution in [0.4, 0.5) is 0 Å². The third-order valence-corrected chi connectivity index (χ3v) is 2.04. The molecule has 0 unspecified atom stereocenters. The van der Waals surface area contributed by atoms with Crippen molar-refractivity contribution in [2.24, 2.45) is 0 Å². The van der Waals surface area contributed by atoms with E-state index in [-0.39, 0.29) is 6.54 Å². The van der Waals surface area contributed by atoms with Crippen LogP contribution in [0, 0.1) is 11.3 Å². The van der Waals surface area contributed by atoms with Gasteiger partial charge in [-0.15, -0.1) is 0 Å².